The Morgan fingerprint density at radius 3 is 0.591 bits per heavy atom. The van der Waals surface area contributed by atoms with Crippen LogP contribution >= 0.6 is 31.9 Å². The maximum absolute atomic E-state index is 10.2. The number of alkyl halides is 2. The molecule has 400 valence electrons. The number of hydrogen-bond acceptors (Lipinski definition) is 8. The maximum atomic E-state index is 10.2. The minimum absolute atomic E-state index is 0.0664. The Hall–Kier alpha value is 0.640. The number of ether oxygens (including phenoxy) is 6. The highest BCUT2D eigenvalue weighted by Gasteiger charge is 2.47. The molecule has 0 aliphatic rings. The highest BCUT2D eigenvalue weighted by atomic mass is 79.9. The molecule has 0 aliphatic heterocycles. The number of halogens is 2. The summed E-state index contributed by atoms with van der Waals surface area (Å²) in [6.07, 6.45) is 4.01. The Bertz CT molecular complexity index is 1070. The molecule has 0 heterocycles. The highest BCUT2D eigenvalue weighted by molar-refractivity contribution is 9.09. The summed E-state index contributed by atoms with van der Waals surface area (Å²) in [6.45, 7) is 61.2. The monoisotopic (exact) mass is 1070 g/mol. The van der Waals surface area contributed by atoms with Crippen molar-refractivity contribution in [3.63, 3.8) is 0 Å². The lowest BCUT2D eigenvalue weighted by molar-refractivity contribution is -0.100. The zero-order valence-corrected chi connectivity index (χ0v) is 51.4. The largest absolute Gasteiger partial charge is 0.396 e. The quantitative estimate of drug-likeness (QED) is 0.0591. The van der Waals surface area contributed by atoms with Gasteiger partial charge in [0.05, 0.1) is 92.5 Å². The van der Waals surface area contributed by atoms with Crippen molar-refractivity contribution >= 4 is 31.9 Å². The van der Waals surface area contributed by atoms with E-state index in [2.05, 4.69) is 198 Å². The summed E-state index contributed by atoms with van der Waals surface area (Å²) in [4.78, 5) is 0. The second-order valence-corrected chi connectivity index (χ2v) is 30.2. The van der Waals surface area contributed by atoms with Crippen LogP contribution in [0.5, 0.6) is 0 Å². The Morgan fingerprint density at radius 2 is 0.439 bits per heavy atom. The number of rotatable bonds is 28. The van der Waals surface area contributed by atoms with Crippen molar-refractivity contribution in [3.8, 4) is 0 Å². The SMILES string of the molecule is CC(C)(C)CC(CBr)(COCCOCCOCC(CBr)(CC(C)(C)C)C(C)(C)C)C(C)(C)C.CC(C)(C)CC(CO)(COCCOCCOCC(CO)(CC(C)(C)C)C(C)(C)C)C(C)(C)C. The Morgan fingerprint density at radius 1 is 0.273 bits per heavy atom. The van der Waals surface area contributed by atoms with Crippen molar-refractivity contribution in [3.05, 3.63) is 0 Å². The van der Waals surface area contributed by atoms with Crippen LogP contribution in [0.2, 0.25) is 0 Å². The van der Waals surface area contributed by atoms with Crippen LogP contribution in [0.4, 0.5) is 0 Å². The molecule has 0 aromatic heterocycles. The summed E-state index contributed by atoms with van der Waals surface area (Å²) in [7, 11) is 0. The van der Waals surface area contributed by atoms with Crippen molar-refractivity contribution in [2.45, 2.75) is 192 Å². The number of aliphatic hydroxyl groups excluding tert-OH is 2. The highest BCUT2D eigenvalue weighted by Crippen LogP contribution is 2.51. The predicted molar refractivity (Wildman–Crippen MR) is 291 cm³/mol. The van der Waals surface area contributed by atoms with Crippen LogP contribution in [0.15, 0.2) is 0 Å². The molecule has 0 spiro atoms. The molecule has 4 unspecified atom stereocenters. The molecule has 0 saturated carbocycles. The van der Waals surface area contributed by atoms with E-state index in [-0.39, 0.29) is 78.2 Å². The standard InChI is InChI=1S/C28H56Br2O3.C28H58O5/c2*1-23(2,3)17-27(19-29,25(7,8)9)21-32-15-13-31-14-16-33-22-28(20-30,26(10,11)12)18-24(4,5)6/h13-22H2,1-12H3;29-30H,13-22H2,1-12H3. The van der Waals surface area contributed by atoms with E-state index in [1.807, 2.05) is 0 Å². The summed E-state index contributed by atoms with van der Waals surface area (Å²) in [5, 5.41) is 22.4. The zero-order valence-electron chi connectivity index (χ0n) is 48.2. The van der Waals surface area contributed by atoms with Crippen LogP contribution in [0.1, 0.15) is 192 Å². The fourth-order valence-electron chi connectivity index (χ4n) is 9.19. The normalized spacial score (nSPS) is 17.6. The summed E-state index contributed by atoms with van der Waals surface area (Å²) in [5.41, 5.74) is 0.497. The molecule has 2 N–H and O–H groups in total. The third kappa shape index (κ3) is 25.8. The van der Waals surface area contributed by atoms with Gasteiger partial charge in [-0.25, -0.2) is 0 Å². The fourth-order valence-corrected chi connectivity index (χ4v) is 11.6. The summed E-state index contributed by atoms with van der Waals surface area (Å²) in [5.74, 6) is 0. The Balaban J connectivity index is 0. The van der Waals surface area contributed by atoms with Crippen LogP contribution in [0.3, 0.4) is 0 Å². The van der Waals surface area contributed by atoms with Crippen molar-refractivity contribution in [2.75, 3.05) is 103 Å². The minimum atomic E-state index is -0.290. The van der Waals surface area contributed by atoms with E-state index in [1.165, 1.54) is 0 Å². The first-order chi connectivity index (χ1) is 29.5. The second-order valence-electron chi connectivity index (χ2n) is 29.1. The van der Waals surface area contributed by atoms with Gasteiger partial charge < -0.3 is 38.6 Å². The Kier molecular flexibility index (Phi) is 29.3. The minimum Gasteiger partial charge on any atom is -0.396 e. The van der Waals surface area contributed by atoms with E-state index in [9.17, 15) is 10.2 Å². The lowest BCUT2D eigenvalue weighted by Gasteiger charge is -2.47. The van der Waals surface area contributed by atoms with E-state index < -0.39 is 0 Å². The van der Waals surface area contributed by atoms with Gasteiger partial charge in [0.25, 0.3) is 0 Å². The van der Waals surface area contributed by atoms with Crippen LogP contribution in [-0.4, -0.2) is 113 Å². The molecule has 4 atom stereocenters. The van der Waals surface area contributed by atoms with E-state index in [4.69, 9.17) is 28.4 Å². The lowest BCUT2D eigenvalue weighted by atomic mass is 9.61. The molecule has 0 saturated heterocycles. The molecule has 0 aliphatic carbocycles. The first-order valence-corrected chi connectivity index (χ1v) is 27.5. The molecule has 0 fully saturated rings. The van der Waals surface area contributed by atoms with Crippen molar-refractivity contribution in [1.29, 1.82) is 0 Å². The summed E-state index contributed by atoms with van der Waals surface area (Å²) >= 11 is 7.59. The molecule has 0 aromatic carbocycles. The molecule has 10 heteroatoms. The second kappa shape index (κ2) is 28.2. The molecule has 0 rings (SSSR count). The van der Waals surface area contributed by atoms with E-state index in [0.717, 1.165) is 49.6 Å². The van der Waals surface area contributed by atoms with Gasteiger partial charge in [0.15, 0.2) is 0 Å². The summed E-state index contributed by atoms with van der Waals surface area (Å²) < 4.78 is 35.8. The third-order valence-electron chi connectivity index (χ3n) is 14.0. The maximum Gasteiger partial charge on any atom is 0.0701 e. The first-order valence-electron chi connectivity index (χ1n) is 25.3. The van der Waals surface area contributed by atoms with Gasteiger partial charge in [0.1, 0.15) is 0 Å². The van der Waals surface area contributed by atoms with Gasteiger partial charge in [0, 0.05) is 32.3 Å². The van der Waals surface area contributed by atoms with Gasteiger partial charge in [0.2, 0.25) is 0 Å². The number of aliphatic hydroxyl groups is 2. The van der Waals surface area contributed by atoms with Crippen molar-refractivity contribution in [2.24, 2.45) is 65.0 Å². The van der Waals surface area contributed by atoms with Gasteiger partial charge in [-0.2, -0.15) is 0 Å². The molecule has 0 bridgehead atoms. The predicted octanol–water partition coefficient (Wildman–Crippen LogP) is 14.7. The average Bonchev–Trinajstić information content (AvgIpc) is 3.10. The van der Waals surface area contributed by atoms with E-state index >= 15 is 0 Å². The van der Waals surface area contributed by atoms with Crippen LogP contribution < -0.4 is 0 Å². The molecule has 0 amide bonds. The smallest absolute Gasteiger partial charge is 0.0701 e. The van der Waals surface area contributed by atoms with E-state index in [0.29, 0.717) is 66.1 Å². The zero-order chi connectivity index (χ0) is 52.4. The fraction of sp³-hybridized carbons (Fsp3) is 1.00. The van der Waals surface area contributed by atoms with Crippen LogP contribution in [0, 0.1) is 65.0 Å². The van der Waals surface area contributed by atoms with Gasteiger partial charge in [-0.1, -0.05) is 198 Å². The lowest BCUT2D eigenvalue weighted by Crippen LogP contribution is -2.46. The molecule has 8 nitrogen and oxygen atoms in total. The van der Waals surface area contributed by atoms with Gasteiger partial charge in [-0.3, -0.25) is 0 Å². The molecule has 66 heavy (non-hydrogen) atoms. The van der Waals surface area contributed by atoms with Crippen molar-refractivity contribution in [1.82, 2.24) is 0 Å². The van der Waals surface area contributed by atoms with Crippen molar-refractivity contribution < 1.29 is 38.6 Å². The average molecular weight is 1080 g/mol. The molecule has 0 aromatic rings. The van der Waals surface area contributed by atoms with Crippen LogP contribution in [-0.2, 0) is 28.4 Å². The third-order valence-corrected chi connectivity index (χ3v) is 16.1. The molecule has 0 radical (unpaired) electrons. The van der Waals surface area contributed by atoms with Gasteiger partial charge >= 0.3 is 0 Å². The topological polar surface area (TPSA) is 95.8 Å². The number of hydrogen-bond donors (Lipinski definition) is 2. The molecular weight excluding hydrogens is 960 g/mol. The summed E-state index contributed by atoms with van der Waals surface area (Å²) in [6, 6.07) is 0. The van der Waals surface area contributed by atoms with Gasteiger partial charge in [-0.15, -0.1) is 0 Å². The molecular formula is C56H114Br2O8. The first kappa shape index (κ1) is 68.7. The van der Waals surface area contributed by atoms with E-state index in [1.54, 1.807) is 0 Å². The van der Waals surface area contributed by atoms with Crippen LogP contribution in [0.25, 0.3) is 0 Å². The Labute approximate surface area is 428 Å². The van der Waals surface area contributed by atoms with Gasteiger partial charge in [-0.05, 0) is 69.0 Å².